The molecule has 0 fully saturated rings. The first kappa shape index (κ1) is 18.8. The second kappa shape index (κ2) is 10.5. The van der Waals surface area contributed by atoms with Gasteiger partial charge < -0.3 is 23.4 Å². The maximum Gasteiger partial charge on any atom is 0.423 e. The van der Waals surface area contributed by atoms with Crippen LogP contribution in [0.3, 0.4) is 0 Å². The van der Waals surface area contributed by atoms with E-state index in [4.69, 9.17) is 23.4 Å². The third-order valence-corrected chi connectivity index (χ3v) is 4.75. The Morgan fingerprint density at radius 3 is 2.23 bits per heavy atom. The Kier molecular flexibility index (Phi) is 8.94. The molecule has 1 N–H and O–H groups in total. The van der Waals surface area contributed by atoms with Crippen molar-refractivity contribution in [3.05, 3.63) is 29.8 Å². The Balaban J connectivity index is 2.82. The van der Waals surface area contributed by atoms with E-state index in [1.54, 1.807) is 27.2 Å². The molecule has 1 atom stereocenters. The first-order valence-corrected chi connectivity index (χ1v) is 8.35. The van der Waals surface area contributed by atoms with Gasteiger partial charge in [-0.1, -0.05) is 24.3 Å². The normalized spacial score (nSPS) is 12.5. The highest BCUT2D eigenvalue weighted by molar-refractivity contribution is 6.61. The number of carbonyl (C=O) groups is 1. The molecular weight excluding hydrogens is 304 g/mol. The molecule has 0 spiro atoms. The van der Waals surface area contributed by atoms with Gasteiger partial charge in [-0.15, -0.1) is 0 Å². The fourth-order valence-electron chi connectivity index (χ4n) is 1.72. The van der Waals surface area contributed by atoms with Crippen molar-refractivity contribution in [1.82, 2.24) is 0 Å². The molecule has 1 unspecified atom stereocenters. The number of carboxylic acid groups (broad SMARTS) is 1. The highest BCUT2D eigenvalue weighted by Crippen LogP contribution is 2.14. The average molecular weight is 327 g/mol. The van der Waals surface area contributed by atoms with Gasteiger partial charge in [0, 0.05) is 14.2 Å². The molecule has 0 amide bonds. The minimum Gasteiger partial charge on any atom is -0.481 e. The highest BCUT2D eigenvalue weighted by Gasteiger charge is 2.22. The predicted molar refractivity (Wildman–Crippen MR) is 83.5 cm³/mol. The first-order chi connectivity index (χ1) is 10.6. The van der Waals surface area contributed by atoms with Crippen LogP contribution >= 0.6 is 0 Å². The van der Waals surface area contributed by atoms with Gasteiger partial charge in [0.2, 0.25) is 0 Å². The standard InChI is InChI=1S/C15H23O6Si/c1-12(15(16)17)13-5-4-6-14(11-13)22(20-9-7-18-2)21-10-8-19-3/h4-6,11-12H,7-10H2,1-3H3,(H,16,17). The van der Waals surface area contributed by atoms with Crippen LogP contribution in [0.25, 0.3) is 0 Å². The largest absolute Gasteiger partial charge is 0.481 e. The number of carboxylic acids is 1. The summed E-state index contributed by atoms with van der Waals surface area (Å²) in [4.78, 5) is 11.1. The first-order valence-electron chi connectivity index (χ1n) is 7.03. The summed E-state index contributed by atoms with van der Waals surface area (Å²) in [6.07, 6.45) is 0. The zero-order valence-corrected chi connectivity index (χ0v) is 14.2. The van der Waals surface area contributed by atoms with E-state index in [0.29, 0.717) is 26.4 Å². The molecule has 22 heavy (non-hydrogen) atoms. The molecule has 0 saturated heterocycles. The molecule has 6 nitrogen and oxygen atoms in total. The van der Waals surface area contributed by atoms with Crippen molar-refractivity contribution in [2.75, 3.05) is 40.6 Å². The molecule has 0 saturated carbocycles. The van der Waals surface area contributed by atoms with Gasteiger partial charge in [0.15, 0.2) is 0 Å². The van der Waals surface area contributed by atoms with Gasteiger partial charge in [-0.3, -0.25) is 4.79 Å². The van der Waals surface area contributed by atoms with Crippen molar-refractivity contribution >= 4 is 20.4 Å². The van der Waals surface area contributed by atoms with Crippen LogP contribution in [0.15, 0.2) is 24.3 Å². The summed E-state index contributed by atoms with van der Waals surface area (Å²) in [6.45, 7) is 3.47. The topological polar surface area (TPSA) is 74.2 Å². The number of hydrogen-bond donors (Lipinski definition) is 1. The molecule has 1 radical (unpaired) electrons. The van der Waals surface area contributed by atoms with E-state index in [9.17, 15) is 4.79 Å². The van der Waals surface area contributed by atoms with Crippen molar-refractivity contribution in [1.29, 1.82) is 0 Å². The molecule has 0 bridgehead atoms. The van der Waals surface area contributed by atoms with Gasteiger partial charge in [0.1, 0.15) is 0 Å². The van der Waals surface area contributed by atoms with E-state index < -0.39 is 21.2 Å². The van der Waals surface area contributed by atoms with E-state index in [2.05, 4.69) is 0 Å². The fraction of sp³-hybridized carbons (Fsp3) is 0.533. The quantitative estimate of drug-likeness (QED) is 0.481. The molecule has 0 aliphatic carbocycles. The van der Waals surface area contributed by atoms with Crippen LogP contribution < -0.4 is 5.19 Å². The number of benzene rings is 1. The van der Waals surface area contributed by atoms with Crippen LogP contribution in [0, 0.1) is 0 Å². The summed E-state index contributed by atoms with van der Waals surface area (Å²) in [5.74, 6) is -1.42. The maximum atomic E-state index is 11.1. The number of ether oxygens (including phenoxy) is 2. The third-order valence-electron chi connectivity index (χ3n) is 3.03. The number of hydrogen-bond acceptors (Lipinski definition) is 5. The summed E-state index contributed by atoms with van der Waals surface area (Å²) in [7, 11) is 1.52. The number of methoxy groups -OCH3 is 2. The highest BCUT2D eigenvalue weighted by atomic mass is 28.3. The number of aliphatic carboxylic acids is 1. The lowest BCUT2D eigenvalue weighted by atomic mass is 10.0. The predicted octanol–water partition coefficient (Wildman–Crippen LogP) is 0.896. The van der Waals surface area contributed by atoms with Crippen LogP contribution in [0.1, 0.15) is 18.4 Å². The van der Waals surface area contributed by atoms with Gasteiger partial charge in [0.25, 0.3) is 0 Å². The van der Waals surface area contributed by atoms with Crippen molar-refractivity contribution in [2.45, 2.75) is 12.8 Å². The second-order valence-electron chi connectivity index (χ2n) is 4.66. The zero-order valence-electron chi connectivity index (χ0n) is 13.2. The van der Waals surface area contributed by atoms with Crippen LogP contribution in [-0.4, -0.2) is 61.0 Å². The van der Waals surface area contributed by atoms with Crippen molar-refractivity contribution < 1.29 is 28.2 Å². The van der Waals surface area contributed by atoms with Crippen molar-refractivity contribution in [2.24, 2.45) is 0 Å². The molecule has 1 rings (SSSR count). The van der Waals surface area contributed by atoms with E-state index in [-0.39, 0.29) is 0 Å². The van der Waals surface area contributed by atoms with E-state index in [1.165, 1.54) is 0 Å². The van der Waals surface area contributed by atoms with Gasteiger partial charge >= 0.3 is 15.3 Å². The molecule has 123 valence electrons. The summed E-state index contributed by atoms with van der Waals surface area (Å²) in [5, 5.41) is 10.0. The van der Waals surface area contributed by atoms with Gasteiger partial charge in [-0.05, 0) is 17.7 Å². The minimum absolute atomic E-state index is 0.427. The Morgan fingerprint density at radius 2 is 1.73 bits per heavy atom. The summed E-state index contributed by atoms with van der Waals surface area (Å²) >= 11 is 0. The smallest absolute Gasteiger partial charge is 0.423 e. The fourth-order valence-corrected chi connectivity index (χ4v) is 3.19. The average Bonchev–Trinajstić information content (AvgIpc) is 2.53. The van der Waals surface area contributed by atoms with Gasteiger partial charge in [-0.2, -0.15) is 0 Å². The molecule has 7 heteroatoms. The lowest BCUT2D eigenvalue weighted by Crippen LogP contribution is -2.39. The molecule has 0 heterocycles. The summed E-state index contributed by atoms with van der Waals surface area (Å²) in [6, 6.07) is 7.36. The van der Waals surface area contributed by atoms with Crippen LogP contribution in [-0.2, 0) is 23.1 Å². The SMILES string of the molecule is COCCO[Si](OCCOC)c1cccc(C(C)C(=O)O)c1. The molecule has 1 aromatic rings. The third kappa shape index (κ3) is 6.25. The Hall–Kier alpha value is -1.25. The van der Waals surface area contributed by atoms with Crippen LogP contribution in [0.4, 0.5) is 0 Å². The summed E-state index contributed by atoms with van der Waals surface area (Å²) < 4.78 is 21.5. The Morgan fingerprint density at radius 1 is 1.14 bits per heavy atom. The van der Waals surface area contributed by atoms with Gasteiger partial charge in [0.05, 0.1) is 32.3 Å². The van der Waals surface area contributed by atoms with E-state index in [1.807, 2.05) is 18.2 Å². The lowest BCUT2D eigenvalue weighted by molar-refractivity contribution is -0.138. The second-order valence-corrected chi connectivity index (χ2v) is 6.38. The lowest BCUT2D eigenvalue weighted by Gasteiger charge is -2.17. The Labute approximate surface area is 132 Å². The summed E-state index contributed by atoms with van der Waals surface area (Å²) in [5.41, 5.74) is 0.734. The number of rotatable bonds is 11. The van der Waals surface area contributed by atoms with E-state index >= 15 is 0 Å². The minimum atomic E-state index is -1.70. The van der Waals surface area contributed by atoms with Crippen molar-refractivity contribution in [3.63, 3.8) is 0 Å². The van der Waals surface area contributed by atoms with Crippen molar-refractivity contribution in [3.8, 4) is 0 Å². The molecule has 0 aliphatic rings. The molecular formula is C15H23O6Si. The molecule has 0 aromatic heterocycles. The zero-order chi connectivity index (χ0) is 16.4. The maximum absolute atomic E-state index is 11.1. The monoisotopic (exact) mass is 327 g/mol. The van der Waals surface area contributed by atoms with Crippen LogP contribution in [0.2, 0.25) is 0 Å². The Bertz CT molecular complexity index is 443. The molecule has 1 aromatic carbocycles. The van der Waals surface area contributed by atoms with Crippen LogP contribution in [0.5, 0.6) is 0 Å². The van der Waals surface area contributed by atoms with E-state index in [0.717, 1.165) is 10.8 Å². The molecule has 0 aliphatic heterocycles. The van der Waals surface area contributed by atoms with Gasteiger partial charge in [-0.25, -0.2) is 0 Å².